The average Bonchev–Trinajstić information content (AvgIpc) is 2.81. The van der Waals surface area contributed by atoms with Crippen LogP contribution < -0.4 is 10.2 Å². The molecule has 1 fully saturated rings. The Kier molecular flexibility index (Phi) is 9.09. The first kappa shape index (κ1) is 23.5. The van der Waals surface area contributed by atoms with E-state index in [1.165, 1.54) is 7.11 Å². The molecule has 0 spiro atoms. The molecule has 2 aromatic carbocycles. The van der Waals surface area contributed by atoms with E-state index in [1.54, 1.807) is 0 Å². The summed E-state index contributed by atoms with van der Waals surface area (Å²) in [5.74, 6) is 0.915. The van der Waals surface area contributed by atoms with Gasteiger partial charge in [0.15, 0.2) is 12.1 Å². The largest absolute Gasteiger partial charge is 0.491 e. The Morgan fingerprint density at radius 2 is 1.97 bits per heavy atom. The molecule has 1 saturated heterocycles. The molecule has 2 atom stereocenters. The van der Waals surface area contributed by atoms with Gasteiger partial charge >= 0.3 is 7.12 Å². The third-order valence-electron chi connectivity index (χ3n) is 5.40. The normalized spacial score (nSPS) is 18.5. The summed E-state index contributed by atoms with van der Waals surface area (Å²) < 4.78 is 22.8. The maximum atomic E-state index is 12.1. The van der Waals surface area contributed by atoms with Crippen molar-refractivity contribution < 1.29 is 28.7 Å². The summed E-state index contributed by atoms with van der Waals surface area (Å²) in [6.45, 7) is 2.94. The summed E-state index contributed by atoms with van der Waals surface area (Å²) in [4.78, 5) is 12.1. The molecule has 0 aliphatic carbocycles. The highest BCUT2D eigenvalue weighted by Crippen LogP contribution is 2.23. The van der Waals surface area contributed by atoms with Crippen LogP contribution >= 0.6 is 0 Å². The fourth-order valence-electron chi connectivity index (χ4n) is 3.56. The van der Waals surface area contributed by atoms with Gasteiger partial charge in [0.05, 0.1) is 13.2 Å². The third-order valence-corrected chi connectivity index (χ3v) is 5.40. The highest BCUT2D eigenvalue weighted by atomic mass is 16.7. The van der Waals surface area contributed by atoms with Gasteiger partial charge in [-0.2, -0.15) is 0 Å². The van der Waals surface area contributed by atoms with Crippen LogP contribution in [0.15, 0.2) is 48.5 Å². The molecule has 31 heavy (non-hydrogen) atoms. The van der Waals surface area contributed by atoms with Crippen molar-refractivity contribution in [3.63, 3.8) is 0 Å². The van der Waals surface area contributed by atoms with E-state index < -0.39 is 7.12 Å². The number of Topliss-reactive ketones (excluding diaryl/α,β-unsaturated/α-hetero) is 1. The molecule has 0 bridgehead atoms. The minimum Gasteiger partial charge on any atom is -0.490 e. The van der Waals surface area contributed by atoms with Gasteiger partial charge in [-0.05, 0) is 41.7 Å². The van der Waals surface area contributed by atoms with Gasteiger partial charge in [0, 0.05) is 31.9 Å². The number of ketones is 1. The number of hydrogen-bond acceptors (Lipinski definition) is 6. The van der Waals surface area contributed by atoms with Gasteiger partial charge in [-0.1, -0.05) is 37.6 Å². The highest BCUT2D eigenvalue weighted by Gasteiger charge is 2.26. The van der Waals surface area contributed by atoms with Gasteiger partial charge in [0.2, 0.25) is 0 Å². The minimum absolute atomic E-state index is 0.0276. The zero-order valence-corrected chi connectivity index (χ0v) is 18.3. The van der Waals surface area contributed by atoms with Crippen molar-refractivity contribution in [3.05, 3.63) is 59.7 Å². The van der Waals surface area contributed by atoms with Gasteiger partial charge in [-0.3, -0.25) is 4.79 Å². The Labute approximate surface area is 184 Å². The second-order valence-electron chi connectivity index (χ2n) is 7.71. The van der Waals surface area contributed by atoms with Gasteiger partial charge in [0.1, 0.15) is 11.9 Å². The van der Waals surface area contributed by atoms with E-state index in [9.17, 15) is 9.82 Å². The predicted molar refractivity (Wildman–Crippen MR) is 120 cm³/mol. The van der Waals surface area contributed by atoms with Crippen LogP contribution in [-0.4, -0.2) is 44.0 Å². The SMILES string of the molecule is CCCCC(=O)c1ccc(OC2CCOC(OCc3ccccc3B(O)OC)C2)cc1. The maximum absolute atomic E-state index is 12.1. The van der Waals surface area contributed by atoms with E-state index in [-0.39, 0.29) is 18.2 Å². The molecule has 1 aliphatic rings. The highest BCUT2D eigenvalue weighted by molar-refractivity contribution is 6.60. The number of unbranched alkanes of at least 4 members (excludes halogenated alkanes) is 1. The van der Waals surface area contributed by atoms with Crippen LogP contribution in [0.5, 0.6) is 5.75 Å². The summed E-state index contributed by atoms with van der Waals surface area (Å²) in [7, 11) is 0.474. The number of rotatable bonds is 11. The summed E-state index contributed by atoms with van der Waals surface area (Å²) in [6, 6.07) is 14.8. The van der Waals surface area contributed by atoms with Gasteiger partial charge in [-0.15, -0.1) is 0 Å². The lowest BCUT2D eigenvalue weighted by Crippen LogP contribution is -2.37. The fraction of sp³-hybridized carbons (Fsp3) is 0.458. The lowest BCUT2D eigenvalue weighted by molar-refractivity contribution is -0.187. The lowest BCUT2D eigenvalue weighted by atomic mass is 9.76. The monoisotopic (exact) mass is 426 g/mol. The molecule has 2 unspecified atom stereocenters. The molecule has 2 aromatic rings. The molecule has 0 amide bonds. The van der Waals surface area contributed by atoms with Crippen LogP contribution in [0, 0.1) is 0 Å². The van der Waals surface area contributed by atoms with Crippen LogP contribution in [-0.2, 0) is 20.7 Å². The molecule has 7 heteroatoms. The van der Waals surface area contributed by atoms with Crippen LogP contribution in [0.2, 0.25) is 0 Å². The summed E-state index contributed by atoms with van der Waals surface area (Å²) in [5.41, 5.74) is 2.26. The first-order valence-electron chi connectivity index (χ1n) is 10.9. The number of hydrogen-bond donors (Lipinski definition) is 1. The van der Waals surface area contributed by atoms with Crippen molar-refractivity contribution in [2.75, 3.05) is 13.7 Å². The van der Waals surface area contributed by atoms with E-state index in [0.29, 0.717) is 31.5 Å². The second-order valence-corrected chi connectivity index (χ2v) is 7.71. The van der Waals surface area contributed by atoms with Crippen LogP contribution in [0.25, 0.3) is 0 Å². The zero-order chi connectivity index (χ0) is 22.1. The summed E-state index contributed by atoms with van der Waals surface area (Å²) >= 11 is 0. The van der Waals surface area contributed by atoms with Crippen LogP contribution in [0.1, 0.15) is 54.9 Å². The quantitative estimate of drug-likeness (QED) is 0.438. The van der Waals surface area contributed by atoms with Crippen LogP contribution in [0.3, 0.4) is 0 Å². The second kappa shape index (κ2) is 12.0. The molecule has 0 radical (unpaired) electrons. The van der Waals surface area contributed by atoms with Gasteiger partial charge in [-0.25, -0.2) is 0 Å². The Balaban J connectivity index is 1.51. The Bertz CT molecular complexity index is 825. The molecular formula is C24H31BO6. The van der Waals surface area contributed by atoms with Gasteiger partial charge < -0.3 is 23.9 Å². The van der Waals surface area contributed by atoms with Crippen molar-refractivity contribution >= 4 is 18.4 Å². The Hall–Kier alpha value is -2.19. The minimum atomic E-state index is -0.986. The smallest absolute Gasteiger partial charge is 0.490 e. The van der Waals surface area contributed by atoms with Crippen molar-refractivity contribution in [2.45, 2.75) is 58.0 Å². The summed E-state index contributed by atoms with van der Waals surface area (Å²) in [6.07, 6.45) is 3.47. The van der Waals surface area contributed by atoms with Crippen molar-refractivity contribution in [2.24, 2.45) is 0 Å². The molecule has 1 heterocycles. The molecule has 0 aromatic heterocycles. The van der Waals surface area contributed by atoms with Crippen molar-refractivity contribution in [3.8, 4) is 5.75 Å². The topological polar surface area (TPSA) is 74.2 Å². The molecule has 3 rings (SSSR count). The van der Waals surface area contributed by atoms with Crippen LogP contribution in [0.4, 0.5) is 0 Å². The van der Waals surface area contributed by atoms with E-state index in [0.717, 1.165) is 36.1 Å². The Morgan fingerprint density at radius 3 is 2.71 bits per heavy atom. The maximum Gasteiger partial charge on any atom is 0.491 e. The third kappa shape index (κ3) is 6.90. The number of carbonyl (C=O) groups excluding carboxylic acids is 1. The van der Waals surface area contributed by atoms with E-state index in [1.807, 2.05) is 48.5 Å². The average molecular weight is 426 g/mol. The molecule has 1 aliphatic heterocycles. The number of carbonyl (C=O) groups is 1. The first-order valence-corrected chi connectivity index (χ1v) is 10.9. The number of ether oxygens (including phenoxy) is 3. The first-order chi connectivity index (χ1) is 15.1. The van der Waals surface area contributed by atoms with Gasteiger partial charge in [0.25, 0.3) is 0 Å². The standard InChI is InChI=1S/C24H31BO6/c1-3-4-9-23(26)18-10-12-20(13-11-18)31-21-14-15-29-24(16-21)30-17-19-7-5-6-8-22(19)25(27)28-2/h5-8,10-13,21,24,27H,3-4,9,14-17H2,1-2H3. The Morgan fingerprint density at radius 1 is 1.19 bits per heavy atom. The molecule has 1 N–H and O–H groups in total. The molecule has 0 saturated carbocycles. The molecule has 6 nitrogen and oxygen atoms in total. The lowest BCUT2D eigenvalue weighted by Gasteiger charge is -2.30. The van der Waals surface area contributed by atoms with Crippen molar-refractivity contribution in [1.82, 2.24) is 0 Å². The molecular weight excluding hydrogens is 395 g/mol. The van der Waals surface area contributed by atoms with E-state index in [4.69, 9.17) is 18.9 Å². The predicted octanol–water partition coefficient (Wildman–Crippen LogP) is 3.49. The fourth-order valence-corrected chi connectivity index (χ4v) is 3.56. The number of benzene rings is 2. The summed E-state index contributed by atoms with van der Waals surface area (Å²) in [5, 5.41) is 10.00. The van der Waals surface area contributed by atoms with E-state index in [2.05, 4.69) is 6.92 Å². The van der Waals surface area contributed by atoms with E-state index >= 15 is 0 Å². The van der Waals surface area contributed by atoms with Crippen molar-refractivity contribution in [1.29, 1.82) is 0 Å². The zero-order valence-electron chi connectivity index (χ0n) is 18.3. The molecule has 166 valence electrons.